The lowest BCUT2D eigenvalue weighted by atomic mass is 9.65. The van der Waals surface area contributed by atoms with E-state index in [9.17, 15) is 10.2 Å². The van der Waals surface area contributed by atoms with Gasteiger partial charge in [0.1, 0.15) is 5.60 Å². The van der Waals surface area contributed by atoms with Crippen LogP contribution in [0, 0.1) is 5.41 Å². The maximum atomic E-state index is 10.4. The molecule has 0 aromatic heterocycles. The first-order valence-electron chi connectivity index (χ1n) is 5.34. The van der Waals surface area contributed by atoms with Gasteiger partial charge in [-0.15, -0.1) is 0 Å². The molecule has 2 heteroatoms. The number of aliphatic hydroxyl groups is 2. The molecule has 0 spiro atoms. The first-order chi connectivity index (χ1) is 6.86. The fourth-order valence-corrected chi connectivity index (χ4v) is 2.66. The summed E-state index contributed by atoms with van der Waals surface area (Å²) in [6.45, 7) is 5.67. The number of fused-ring (bicyclic) bond motifs is 1. The minimum atomic E-state index is -1.14. The third-order valence-electron chi connectivity index (χ3n) is 3.48. The van der Waals surface area contributed by atoms with Crippen LogP contribution in [0.1, 0.15) is 31.9 Å². The van der Waals surface area contributed by atoms with Gasteiger partial charge in [-0.3, -0.25) is 0 Å². The Morgan fingerprint density at radius 1 is 1.20 bits per heavy atom. The highest BCUT2D eigenvalue weighted by Gasteiger charge is 2.47. The molecule has 0 aliphatic heterocycles. The molecule has 2 nitrogen and oxygen atoms in total. The smallest absolute Gasteiger partial charge is 0.113 e. The second-order valence-corrected chi connectivity index (χ2v) is 5.37. The summed E-state index contributed by atoms with van der Waals surface area (Å²) in [6, 6.07) is 7.80. The van der Waals surface area contributed by atoms with E-state index >= 15 is 0 Å². The van der Waals surface area contributed by atoms with Crippen LogP contribution in [0.2, 0.25) is 0 Å². The van der Waals surface area contributed by atoms with Crippen LogP contribution < -0.4 is 0 Å². The van der Waals surface area contributed by atoms with Gasteiger partial charge >= 0.3 is 0 Å². The summed E-state index contributed by atoms with van der Waals surface area (Å²) in [5.41, 5.74) is 0.575. The van der Waals surface area contributed by atoms with Crippen molar-refractivity contribution < 1.29 is 10.2 Å². The first kappa shape index (κ1) is 10.7. The molecule has 0 saturated carbocycles. The van der Waals surface area contributed by atoms with Gasteiger partial charge in [-0.25, -0.2) is 0 Å². The molecule has 1 aliphatic rings. The molecule has 0 fully saturated rings. The number of rotatable bonds is 0. The van der Waals surface area contributed by atoms with E-state index < -0.39 is 11.7 Å². The van der Waals surface area contributed by atoms with Gasteiger partial charge in [0.15, 0.2) is 0 Å². The highest BCUT2D eigenvalue weighted by molar-refractivity contribution is 5.37. The van der Waals surface area contributed by atoms with Crippen molar-refractivity contribution in [1.29, 1.82) is 0 Å². The van der Waals surface area contributed by atoms with E-state index in [0.717, 1.165) is 17.5 Å². The molecular formula is C13H18O2. The zero-order chi connectivity index (χ0) is 11.3. The summed E-state index contributed by atoms with van der Waals surface area (Å²) in [5, 5.41) is 20.5. The molecule has 1 aromatic rings. The number of aliphatic hydroxyl groups excluding tert-OH is 1. The van der Waals surface area contributed by atoms with Crippen LogP contribution in [-0.4, -0.2) is 16.3 Å². The van der Waals surface area contributed by atoms with Crippen molar-refractivity contribution in [3.63, 3.8) is 0 Å². The van der Waals surface area contributed by atoms with Gasteiger partial charge in [-0.1, -0.05) is 38.1 Å². The predicted octanol–water partition coefficient (Wildman–Crippen LogP) is 1.84. The van der Waals surface area contributed by atoms with Crippen molar-refractivity contribution in [3.8, 4) is 0 Å². The van der Waals surface area contributed by atoms with Crippen LogP contribution in [0.25, 0.3) is 0 Å². The number of benzene rings is 1. The van der Waals surface area contributed by atoms with Crippen LogP contribution in [0.4, 0.5) is 0 Å². The van der Waals surface area contributed by atoms with Crippen LogP contribution in [0.3, 0.4) is 0 Å². The van der Waals surface area contributed by atoms with Gasteiger partial charge in [0.05, 0.1) is 6.10 Å². The topological polar surface area (TPSA) is 40.5 Å². The lowest BCUT2D eigenvalue weighted by Gasteiger charge is -2.45. The Bertz CT molecular complexity index is 380. The fraction of sp³-hybridized carbons (Fsp3) is 0.538. The zero-order valence-electron chi connectivity index (χ0n) is 9.49. The standard InChI is InChI=1S/C13H18O2/c1-12(2)8-9-6-4-5-7-10(9)13(3,15)11(12)14/h4-7,11,14-15H,8H2,1-3H3/t11-,13+/m1/s1. The average molecular weight is 206 g/mol. The predicted molar refractivity (Wildman–Crippen MR) is 59.5 cm³/mol. The molecule has 0 heterocycles. The summed E-state index contributed by atoms with van der Waals surface area (Å²) < 4.78 is 0. The second-order valence-electron chi connectivity index (χ2n) is 5.37. The van der Waals surface area contributed by atoms with Crippen LogP contribution in [0.5, 0.6) is 0 Å². The lowest BCUT2D eigenvalue weighted by molar-refractivity contribution is -0.129. The van der Waals surface area contributed by atoms with E-state index in [1.54, 1.807) is 6.92 Å². The number of hydrogen-bond donors (Lipinski definition) is 2. The maximum Gasteiger partial charge on any atom is 0.113 e. The Labute approximate surface area is 90.6 Å². The molecule has 1 aromatic carbocycles. The van der Waals surface area contributed by atoms with Gasteiger partial charge in [0, 0.05) is 0 Å². The highest BCUT2D eigenvalue weighted by atomic mass is 16.3. The molecule has 2 N–H and O–H groups in total. The minimum Gasteiger partial charge on any atom is -0.389 e. The summed E-state index contributed by atoms with van der Waals surface area (Å²) in [5.74, 6) is 0. The normalized spacial score (nSPS) is 33.5. The molecule has 1 aliphatic carbocycles. The highest BCUT2D eigenvalue weighted by Crippen LogP contribution is 2.44. The Morgan fingerprint density at radius 2 is 1.80 bits per heavy atom. The zero-order valence-corrected chi connectivity index (χ0v) is 9.49. The number of hydrogen-bond acceptors (Lipinski definition) is 2. The van der Waals surface area contributed by atoms with E-state index in [0.29, 0.717) is 0 Å². The van der Waals surface area contributed by atoms with Crippen LogP contribution in [-0.2, 0) is 12.0 Å². The van der Waals surface area contributed by atoms with Crippen molar-refractivity contribution in [1.82, 2.24) is 0 Å². The van der Waals surface area contributed by atoms with Gasteiger partial charge in [0.25, 0.3) is 0 Å². The molecule has 2 atom stereocenters. The van der Waals surface area contributed by atoms with E-state index in [1.807, 2.05) is 38.1 Å². The van der Waals surface area contributed by atoms with E-state index in [4.69, 9.17) is 0 Å². The largest absolute Gasteiger partial charge is 0.389 e. The van der Waals surface area contributed by atoms with Crippen molar-refractivity contribution in [2.75, 3.05) is 0 Å². The average Bonchev–Trinajstić information content (AvgIpc) is 2.15. The molecule has 2 rings (SSSR count). The fourth-order valence-electron chi connectivity index (χ4n) is 2.66. The summed E-state index contributed by atoms with van der Waals surface area (Å²) >= 11 is 0. The Morgan fingerprint density at radius 3 is 2.47 bits per heavy atom. The molecule has 0 amide bonds. The van der Waals surface area contributed by atoms with Gasteiger partial charge in [-0.2, -0.15) is 0 Å². The molecule has 15 heavy (non-hydrogen) atoms. The summed E-state index contributed by atoms with van der Waals surface area (Å²) in [4.78, 5) is 0. The van der Waals surface area contributed by atoms with Crippen LogP contribution in [0.15, 0.2) is 24.3 Å². The Hall–Kier alpha value is -0.860. The van der Waals surface area contributed by atoms with Crippen molar-refractivity contribution in [2.24, 2.45) is 5.41 Å². The Kier molecular flexibility index (Phi) is 2.18. The molecule has 0 radical (unpaired) electrons. The quantitative estimate of drug-likeness (QED) is 0.680. The van der Waals surface area contributed by atoms with Crippen molar-refractivity contribution in [3.05, 3.63) is 35.4 Å². The first-order valence-corrected chi connectivity index (χ1v) is 5.34. The van der Waals surface area contributed by atoms with Gasteiger partial charge in [0.2, 0.25) is 0 Å². The summed E-state index contributed by atoms with van der Waals surface area (Å²) in [6.07, 6.45) is 0.0837. The monoisotopic (exact) mass is 206 g/mol. The van der Waals surface area contributed by atoms with E-state index in [-0.39, 0.29) is 5.41 Å². The van der Waals surface area contributed by atoms with Crippen molar-refractivity contribution in [2.45, 2.75) is 38.9 Å². The molecule has 0 unspecified atom stereocenters. The molecule has 0 bridgehead atoms. The van der Waals surface area contributed by atoms with E-state index in [1.165, 1.54) is 0 Å². The van der Waals surface area contributed by atoms with Gasteiger partial charge < -0.3 is 10.2 Å². The summed E-state index contributed by atoms with van der Waals surface area (Å²) in [7, 11) is 0. The van der Waals surface area contributed by atoms with E-state index in [2.05, 4.69) is 0 Å². The third-order valence-corrected chi connectivity index (χ3v) is 3.48. The minimum absolute atomic E-state index is 0.280. The van der Waals surface area contributed by atoms with Gasteiger partial charge in [-0.05, 0) is 29.9 Å². The maximum absolute atomic E-state index is 10.4. The molecule has 0 saturated heterocycles. The van der Waals surface area contributed by atoms with Crippen LogP contribution >= 0.6 is 0 Å². The SMILES string of the molecule is CC1(C)Cc2ccccc2[C@](C)(O)[C@@H]1O. The third kappa shape index (κ3) is 1.48. The molecule has 82 valence electrons. The van der Waals surface area contributed by atoms with Crippen molar-refractivity contribution >= 4 is 0 Å². The lowest BCUT2D eigenvalue weighted by Crippen LogP contribution is -2.51. The Balaban J connectivity index is 2.59. The second kappa shape index (κ2) is 3.06. The molecular weight excluding hydrogens is 188 g/mol.